The SMILES string of the molecule is CC[C@H](C)NC(=O)[C@H](CC)N(Cc1ccc(OC)cc1)C(=O)CN(c1ccc(OC)c(Cl)c1)S(C)(=O)=O. The van der Waals surface area contributed by atoms with Crippen LogP contribution >= 0.6 is 11.6 Å². The van der Waals surface area contributed by atoms with Gasteiger partial charge in [0.25, 0.3) is 0 Å². The molecule has 0 radical (unpaired) electrons. The van der Waals surface area contributed by atoms with Gasteiger partial charge in [-0.3, -0.25) is 13.9 Å². The number of carbonyl (C=O) groups is 2. The normalized spacial score (nSPS) is 12.8. The second-order valence-electron chi connectivity index (χ2n) is 8.70. The van der Waals surface area contributed by atoms with Gasteiger partial charge in [-0.15, -0.1) is 0 Å². The molecule has 0 fully saturated rings. The van der Waals surface area contributed by atoms with Crippen LogP contribution in [0.1, 0.15) is 39.2 Å². The fourth-order valence-electron chi connectivity index (χ4n) is 3.71. The minimum Gasteiger partial charge on any atom is -0.497 e. The van der Waals surface area contributed by atoms with Gasteiger partial charge in [-0.2, -0.15) is 0 Å². The summed E-state index contributed by atoms with van der Waals surface area (Å²) in [5.74, 6) is 0.207. The molecule has 0 aliphatic heterocycles. The molecule has 2 aromatic carbocycles. The summed E-state index contributed by atoms with van der Waals surface area (Å²) in [7, 11) is -0.864. The van der Waals surface area contributed by atoms with E-state index in [1.165, 1.54) is 30.2 Å². The molecule has 0 saturated heterocycles. The monoisotopic (exact) mass is 553 g/mol. The molecule has 204 valence electrons. The highest BCUT2D eigenvalue weighted by atomic mass is 35.5. The number of nitrogens with zero attached hydrogens (tertiary/aromatic N) is 2. The number of anilines is 1. The van der Waals surface area contributed by atoms with E-state index in [1.54, 1.807) is 31.4 Å². The molecule has 2 rings (SSSR count). The topological polar surface area (TPSA) is 105 Å². The zero-order chi connectivity index (χ0) is 27.8. The quantitative estimate of drug-likeness (QED) is 0.404. The summed E-state index contributed by atoms with van der Waals surface area (Å²) in [6.07, 6.45) is 2.09. The number of sulfonamides is 1. The smallest absolute Gasteiger partial charge is 0.244 e. The lowest BCUT2D eigenvalue weighted by Crippen LogP contribution is -2.53. The number of nitrogens with one attached hydrogen (secondary N) is 1. The van der Waals surface area contributed by atoms with E-state index in [-0.39, 0.29) is 29.2 Å². The van der Waals surface area contributed by atoms with E-state index in [0.29, 0.717) is 17.9 Å². The van der Waals surface area contributed by atoms with Crippen LogP contribution < -0.4 is 19.1 Å². The third-order valence-electron chi connectivity index (χ3n) is 6.00. The van der Waals surface area contributed by atoms with Crippen molar-refractivity contribution in [3.05, 3.63) is 53.1 Å². The second-order valence-corrected chi connectivity index (χ2v) is 11.0. The van der Waals surface area contributed by atoms with Crippen molar-refractivity contribution < 1.29 is 27.5 Å². The number of amides is 2. The number of carbonyl (C=O) groups excluding carboxylic acids is 2. The van der Waals surface area contributed by atoms with Crippen LogP contribution in [0.4, 0.5) is 5.69 Å². The fraction of sp³-hybridized carbons (Fsp3) is 0.462. The summed E-state index contributed by atoms with van der Waals surface area (Å²) in [6.45, 7) is 5.25. The van der Waals surface area contributed by atoms with E-state index in [1.807, 2.05) is 20.8 Å². The Labute approximate surface area is 224 Å². The van der Waals surface area contributed by atoms with E-state index < -0.39 is 28.5 Å². The van der Waals surface area contributed by atoms with Crippen molar-refractivity contribution in [2.45, 2.75) is 52.2 Å². The molecule has 0 heterocycles. The summed E-state index contributed by atoms with van der Waals surface area (Å²) < 4.78 is 36.8. The molecular weight excluding hydrogens is 518 g/mol. The Morgan fingerprint density at radius 1 is 1.03 bits per heavy atom. The maximum atomic E-state index is 13.7. The van der Waals surface area contributed by atoms with E-state index in [4.69, 9.17) is 21.1 Å². The summed E-state index contributed by atoms with van der Waals surface area (Å²) in [5, 5.41) is 3.14. The maximum Gasteiger partial charge on any atom is 0.244 e. The fourth-order valence-corrected chi connectivity index (χ4v) is 4.81. The average Bonchev–Trinajstić information content (AvgIpc) is 2.86. The van der Waals surface area contributed by atoms with Crippen LogP contribution in [0.5, 0.6) is 11.5 Å². The minimum atomic E-state index is -3.87. The summed E-state index contributed by atoms with van der Waals surface area (Å²) in [5.41, 5.74) is 0.977. The van der Waals surface area contributed by atoms with Crippen LogP contribution in [-0.2, 0) is 26.2 Å². The van der Waals surface area contributed by atoms with Gasteiger partial charge in [0.15, 0.2) is 0 Å². The molecule has 2 amide bonds. The van der Waals surface area contributed by atoms with Gasteiger partial charge in [0.1, 0.15) is 24.1 Å². The molecule has 2 atom stereocenters. The second kappa shape index (κ2) is 13.5. The molecule has 0 spiro atoms. The Morgan fingerprint density at radius 2 is 1.68 bits per heavy atom. The highest BCUT2D eigenvalue weighted by Crippen LogP contribution is 2.30. The molecular formula is C26H36ClN3O6S. The highest BCUT2D eigenvalue weighted by molar-refractivity contribution is 7.92. The van der Waals surface area contributed by atoms with Gasteiger partial charge < -0.3 is 19.7 Å². The number of methoxy groups -OCH3 is 2. The van der Waals surface area contributed by atoms with Crippen LogP contribution in [0.3, 0.4) is 0 Å². The van der Waals surface area contributed by atoms with Crippen LogP contribution in [0.15, 0.2) is 42.5 Å². The van der Waals surface area contributed by atoms with E-state index in [0.717, 1.165) is 22.5 Å². The standard InChI is InChI=1S/C26H36ClN3O6S/c1-7-18(3)28-26(32)23(8-2)29(16-19-9-12-21(35-4)13-10-19)25(31)17-30(37(6,33)34)20-11-14-24(36-5)22(27)15-20/h9-15,18,23H,7-8,16-17H2,1-6H3,(H,28,32)/t18-,23-/m0/s1. The lowest BCUT2D eigenvalue weighted by atomic mass is 10.1. The van der Waals surface area contributed by atoms with Crippen molar-refractivity contribution >= 4 is 39.1 Å². The van der Waals surface area contributed by atoms with Gasteiger partial charge in [-0.25, -0.2) is 8.42 Å². The molecule has 9 nitrogen and oxygen atoms in total. The van der Waals surface area contributed by atoms with Crippen molar-refractivity contribution in [1.29, 1.82) is 0 Å². The molecule has 0 aliphatic rings. The maximum absolute atomic E-state index is 13.7. The number of ether oxygens (including phenoxy) is 2. The van der Waals surface area contributed by atoms with Crippen molar-refractivity contribution in [3.8, 4) is 11.5 Å². The van der Waals surface area contributed by atoms with E-state index in [2.05, 4.69) is 5.32 Å². The predicted molar refractivity (Wildman–Crippen MR) is 146 cm³/mol. The lowest BCUT2D eigenvalue weighted by molar-refractivity contribution is -0.140. The highest BCUT2D eigenvalue weighted by Gasteiger charge is 2.32. The van der Waals surface area contributed by atoms with Gasteiger partial charge in [-0.1, -0.05) is 37.6 Å². The Balaban J connectivity index is 2.46. The Morgan fingerprint density at radius 3 is 2.16 bits per heavy atom. The van der Waals surface area contributed by atoms with E-state index in [9.17, 15) is 18.0 Å². The Bertz CT molecular complexity index is 1170. The first-order valence-electron chi connectivity index (χ1n) is 12.0. The van der Waals surface area contributed by atoms with Gasteiger partial charge in [0.05, 0.1) is 31.2 Å². The van der Waals surface area contributed by atoms with Crippen LogP contribution in [0.25, 0.3) is 0 Å². The van der Waals surface area contributed by atoms with Crippen LogP contribution in [-0.4, -0.2) is 64.2 Å². The molecule has 11 heteroatoms. The molecule has 0 aliphatic carbocycles. The molecule has 0 saturated carbocycles. The summed E-state index contributed by atoms with van der Waals surface area (Å²) in [4.78, 5) is 28.3. The molecule has 37 heavy (non-hydrogen) atoms. The number of hydrogen-bond donors (Lipinski definition) is 1. The number of halogens is 1. The van der Waals surface area contributed by atoms with Crippen LogP contribution in [0.2, 0.25) is 5.02 Å². The third kappa shape index (κ3) is 8.26. The van der Waals surface area contributed by atoms with E-state index >= 15 is 0 Å². The van der Waals surface area contributed by atoms with Gasteiger partial charge in [-0.05, 0) is 55.7 Å². The molecule has 0 aromatic heterocycles. The Kier molecular flexibility index (Phi) is 11.1. The molecule has 0 bridgehead atoms. The molecule has 0 unspecified atom stereocenters. The average molecular weight is 554 g/mol. The number of rotatable bonds is 13. The predicted octanol–water partition coefficient (Wildman–Crippen LogP) is 3.85. The zero-order valence-corrected chi connectivity index (χ0v) is 23.7. The Hall–Kier alpha value is -2.98. The van der Waals surface area contributed by atoms with Crippen LogP contribution in [0, 0.1) is 0 Å². The number of benzene rings is 2. The zero-order valence-electron chi connectivity index (χ0n) is 22.2. The van der Waals surface area contributed by atoms with Crippen molar-refractivity contribution in [2.75, 3.05) is 31.3 Å². The first-order valence-corrected chi connectivity index (χ1v) is 14.2. The van der Waals surface area contributed by atoms with Gasteiger partial charge in [0, 0.05) is 12.6 Å². The van der Waals surface area contributed by atoms with Crippen molar-refractivity contribution in [1.82, 2.24) is 10.2 Å². The molecule has 1 N–H and O–H groups in total. The lowest BCUT2D eigenvalue weighted by Gasteiger charge is -2.33. The van der Waals surface area contributed by atoms with Gasteiger partial charge in [0.2, 0.25) is 21.8 Å². The summed E-state index contributed by atoms with van der Waals surface area (Å²) >= 11 is 6.23. The molecule has 2 aromatic rings. The number of hydrogen-bond acceptors (Lipinski definition) is 6. The van der Waals surface area contributed by atoms with Crippen molar-refractivity contribution in [3.63, 3.8) is 0 Å². The summed E-state index contributed by atoms with van der Waals surface area (Å²) in [6, 6.07) is 10.7. The first kappa shape index (κ1) is 30.2. The van der Waals surface area contributed by atoms with Gasteiger partial charge >= 0.3 is 0 Å². The van der Waals surface area contributed by atoms with Crippen molar-refractivity contribution in [2.24, 2.45) is 0 Å². The third-order valence-corrected chi connectivity index (χ3v) is 7.44. The minimum absolute atomic E-state index is 0.0755. The first-order chi connectivity index (χ1) is 17.4. The largest absolute Gasteiger partial charge is 0.497 e.